The topological polar surface area (TPSA) is 137 Å². The highest BCUT2D eigenvalue weighted by Crippen LogP contribution is 2.73. The molecule has 0 aliphatic heterocycles. The third-order valence-electron chi connectivity index (χ3n) is 7.58. The van der Waals surface area contributed by atoms with Gasteiger partial charge >= 0.3 is 15.2 Å². The van der Waals surface area contributed by atoms with Gasteiger partial charge in [-0.1, -0.05) is 32.0 Å². The normalized spacial score (nSPS) is 13.7. The first-order valence-corrected chi connectivity index (χ1v) is 20.9. The summed E-state index contributed by atoms with van der Waals surface area (Å²) in [6.45, 7) is 17.9. The van der Waals surface area contributed by atoms with Crippen LogP contribution < -0.4 is 14.8 Å². The maximum Gasteiger partial charge on any atom is 0.346 e. The van der Waals surface area contributed by atoms with E-state index >= 15 is 0 Å². The lowest BCUT2D eigenvalue weighted by molar-refractivity contribution is -0.116. The molecule has 290 valence electrons. The van der Waals surface area contributed by atoms with Crippen LogP contribution >= 0.6 is 15.2 Å². The van der Waals surface area contributed by atoms with Gasteiger partial charge in [-0.15, -0.1) is 0 Å². The molecule has 1 amide bonds. The maximum absolute atomic E-state index is 14.6. The Morgan fingerprint density at radius 3 is 1.51 bits per heavy atom. The molecule has 0 bridgehead atoms. The summed E-state index contributed by atoms with van der Waals surface area (Å²) < 4.78 is 74.4. The molecule has 2 unspecified atom stereocenters. The van der Waals surface area contributed by atoms with Crippen molar-refractivity contribution in [3.63, 3.8) is 0 Å². The van der Waals surface area contributed by atoms with Crippen LogP contribution in [0.2, 0.25) is 0 Å². The van der Waals surface area contributed by atoms with Crippen LogP contribution in [0.25, 0.3) is 0 Å². The van der Waals surface area contributed by atoms with Gasteiger partial charge in [0.25, 0.3) is 0 Å². The van der Waals surface area contributed by atoms with Crippen LogP contribution in [-0.2, 0) is 41.5 Å². The molecular weight excluding hydrogens is 696 g/mol. The minimum absolute atomic E-state index is 0.0591. The van der Waals surface area contributed by atoms with Gasteiger partial charge < -0.3 is 42.4 Å². The van der Waals surface area contributed by atoms with Crippen LogP contribution in [0.3, 0.4) is 0 Å². The number of hydrogen-bond donors (Lipinski definition) is 1. The molecule has 2 rings (SSSR count). The van der Waals surface area contributed by atoms with E-state index in [1.807, 2.05) is 24.3 Å². The lowest BCUT2D eigenvalue weighted by atomic mass is 9.78. The van der Waals surface area contributed by atoms with Gasteiger partial charge in [-0.3, -0.25) is 13.9 Å². The fraction of sp³-hybridized carbons (Fsp3) is 0.649. The molecule has 0 saturated carbocycles. The quantitative estimate of drug-likeness (QED) is 0.0809. The highest BCUT2D eigenvalue weighted by molar-refractivity contribution is 7.72. The number of hydrogen-bond acceptors (Lipinski definition) is 11. The minimum atomic E-state index is -4.30. The van der Waals surface area contributed by atoms with Crippen LogP contribution in [0, 0.1) is 0 Å². The average molecular weight is 758 g/mol. The first-order chi connectivity index (χ1) is 24.0. The van der Waals surface area contributed by atoms with Crippen molar-refractivity contribution >= 4 is 26.8 Å². The SMILES string of the molecule is CCC(c1ccc(OCOC)cc1)C(CC)c1ccc(OCOC)c(NC(=O)CC(P(=O)(OC(C)C)OC(C)C)P(=O)(OC(C)C)OC(C)C)c1. The number of amides is 1. The molecule has 51 heavy (non-hydrogen) atoms. The molecule has 0 aliphatic rings. The van der Waals surface area contributed by atoms with E-state index in [4.69, 9.17) is 37.0 Å². The van der Waals surface area contributed by atoms with E-state index < -0.39 is 57.3 Å². The lowest BCUT2D eigenvalue weighted by Gasteiger charge is -2.35. The average Bonchev–Trinajstić information content (AvgIpc) is 3.03. The van der Waals surface area contributed by atoms with Crippen molar-refractivity contribution in [3.05, 3.63) is 53.6 Å². The highest BCUT2D eigenvalue weighted by Gasteiger charge is 2.54. The van der Waals surface area contributed by atoms with Crippen molar-refractivity contribution in [2.75, 3.05) is 33.1 Å². The van der Waals surface area contributed by atoms with Crippen molar-refractivity contribution in [2.45, 2.75) is 130 Å². The second-order valence-corrected chi connectivity index (χ2v) is 18.0. The van der Waals surface area contributed by atoms with Gasteiger partial charge in [-0.05, 0) is 115 Å². The van der Waals surface area contributed by atoms with E-state index in [0.29, 0.717) is 11.4 Å². The van der Waals surface area contributed by atoms with Gasteiger partial charge in [0.15, 0.2) is 19.0 Å². The number of ether oxygens (including phenoxy) is 4. The summed E-state index contributed by atoms with van der Waals surface area (Å²) in [4.78, 5) is 14.1. The van der Waals surface area contributed by atoms with E-state index in [9.17, 15) is 13.9 Å². The number of methoxy groups -OCH3 is 2. The molecule has 2 aromatic carbocycles. The number of carbonyl (C=O) groups is 1. The van der Waals surface area contributed by atoms with Crippen molar-refractivity contribution in [3.8, 4) is 11.5 Å². The first kappa shape index (κ1) is 44.9. The standard InChI is InChI=1S/C37H61NO11P2/c1-13-32(29-15-18-31(19-16-29)44-23-42-11)33(14-2)30-17-20-35(45-24-43-12)34(21-30)38-36(39)22-37(50(40,46-25(3)4)47-26(5)6)51(41,48-27(7)8)49-28(9)10/h15-21,25-28,32-33,37H,13-14,22-24H2,1-12H3,(H,38,39). The Bertz CT molecular complexity index is 1370. The highest BCUT2D eigenvalue weighted by atomic mass is 31.2. The summed E-state index contributed by atoms with van der Waals surface area (Å²) in [7, 11) is -5.51. The summed E-state index contributed by atoms with van der Waals surface area (Å²) in [6, 6.07) is 13.7. The second-order valence-electron chi connectivity index (χ2n) is 13.4. The molecule has 14 heteroatoms. The molecule has 0 fully saturated rings. The fourth-order valence-corrected chi connectivity index (χ4v) is 11.7. The number of rotatable bonds is 24. The summed E-state index contributed by atoms with van der Waals surface area (Å²) >= 11 is 0. The summed E-state index contributed by atoms with van der Waals surface area (Å²) in [5.41, 5.74) is 2.51. The Morgan fingerprint density at radius 1 is 0.647 bits per heavy atom. The van der Waals surface area contributed by atoms with Crippen LogP contribution in [0.5, 0.6) is 11.5 Å². The Labute approximate surface area is 305 Å². The molecular formula is C37H61NO11P2. The predicted molar refractivity (Wildman–Crippen MR) is 201 cm³/mol. The van der Waals surface area contributed by atoms with Crippen LogP contribution in [0.15, 0.2) is 42.5 Å². The van der Waals surface area contributed by atoms with Gasteiger partial charge in [0.2, 0.25) is 5.91 Å². The first-order valence-electron chi connectivity index (χ1n) is 17.7. The number of anilines is 1. The number of benzene rings is 2. The number of carbonyl (C=O) groups excluding carboxylic acids is 1. The fourth-order valence-electron chi connectivity index (χ4n) is 5.84. The summed E-state index contributed by atoms with van der Waals surface area (Å²) in [5, 5.41) is 1.38. The van der Waals surface area contributed by atoms with Gasteiger partial charge in [0.05, 0.1) is 36.5 Å². The Kier molecular flexibility index (Phi) is 18.9. The van der Waals surface area contributed by atoms with Gasteiger partial charge in [0.1, 0.15) is 11.5 Å². The third kappa shape index (κ3) is 13.9. The van der Waals surface area contributed by atoms with E-state index in [1.165, 1.54) is 7.11 Å². The molecule has 0 spiro atoms. The van der Waals surface area contributed by atoms with E-state index in [1.54, 1.807) is 68.6 Å². The molecule has 0 saturated heterocycles. The van der Waals surface area contributed by atoms with Crippen molar-refractivity contribution in [2.24, 2.45) is 0 Å². The molecule has 0 radical (unpaired) electrons. The van der Waals surface area contributed by atoms with Crippen LogP contribution in [0.4, 0.5) is 5.69 Å². The van der Waals surface area contributed by atoms with E-state index in [2.05, 4.69) is 31.3 Å². The molecule has 12 nitrogen and oxygen atoms in total. The predicted octanol–water partition coefficient (Wildman–Crippen LogP) is 10.1. The smallest absolute Gasteiger partial charge is 0.346 e. The van der Waals surface area contributed by atoms with Gasteiger partial charge in [-0.25, -0.2) is 0 Å². The molecule has 2 atom stereocenters. The zero-order chi connectivity index (χ0) is 38.4. The minimum Gasteiger partial charge on any atom is -0.468 e. The largest absolute Gasteiger partial charge is 0.468 e. The Morgan fingerprint density at radius 2 is 1.08 bits per heavy atom. The zero-order valence-corrected chi connectivity index (χ0v) is 34.3. The zero-order valence-electron chi connectivity index (χ0n) is 32.5. The summed E-state index contributed by atoms with van der Waals surface area (Å²) in [5.74, 6) is 0.721. The maximum atomic E-state index is 14.6. The molecule has 1 N–H and O–H groups in total. The molecule has 0 aromatic heterocycles. The lowest BCUT2D eigenvalue weighted by Crippen LogP contribution is -2.28. The van der Waals surface area contributed by atoms with Crippen molar-refractivity contribution < 1.29 is 51.0 Å². The third-order valence-corrected chi connectivity index (χ3v) is 14.0. The summed E-state index contributed by atoms with van der Waals surface area (Å²) in [6.07, 6.45) is -1.18. The van der Waals surface area contributed by atoms with Crippen LogP contribution in [-0.4, -0.2) is 63.5 Å². The second kappa shape index (κ2) is 21.4. The Hall–Kier alpha value is -2.27. The number of nitrogens with one attached hydrogen (secondary N) is 1. The monoisotopic (exact) mass is 757 g/mol. The van der Waals surface area contributed by atoms with E-state index in [0.717, 1.165) is 29.7 Å². The van der Waals surface area contributed by atoms with Gasteiger partial charge in [-0.2, -0.15) is 0 Å². The van der Waals surface area contributed by atoms with Crippen molar-refractivity contribution in [1.29, 1.82) is 0 Å². The van der Waals surface area contributed by atoms with E-state index in [-0.39, 0.29) is 25.4 Å². The molecule has 2 aromatic rings. The van der Waals surface area contributed by atoms with Crippen LogP contribution in [0.1, 0.15) is 111 Å². The van der Waals surface area contributed by atoms with Crippen molar-refractivity contribution in [1.82, 2.24) is 0 Å². The molecule has 0 heterocycles. The molecule has 0 aliphatic carbocycles. The van der Waals surface area contributed by atoms with Gasteiger partial charge in [0, 0.05) is 14.2 Å². The Balaban J connectivity index is 2.61.